The van der Waals surface area contributed by atoms with Crippen molar-refractivity contribution in [2.75, 3.05) is 31.1 Å². The fourth-order valence-corrected chi connectivity index (χ4v) is 5.50. The second-order valence-corrected chi connectivity index (χ2v) is 11.0. The van der Waals surface area contributed by atoms with Crippen LogP contribution in [-0.4, -0.2) is 55.9 Å². The summed E-state index contributed by atoms with van der Waals surface area (Å²) in [5, 5.41) is 2.89. The molecular weight excluding hydrogens is 464 g/mol. The van der Waals surface area contributed by atoms with Gasteiger partial charge in [-0.15, -0.1) is 11.3 Å². The summed E-state index contributed by atoms with van der Waals surface area (Å²) in [4.78, 5) is 21.3. The van der Waals surface area contributed by atoms with Crippen molar-refractivity contribution in [2.45, 2.75) is 31.2 Å². The number of hydrogen-bond donors (Lipinski definition) is 1. The molecule has 0 aliphatic carbocycles. The number of rotatable bonds is 4. The molecule has 0 saturated carbocycles. The maximum atomic E-state index is 13.0. The van der Waals surface area contributed by atoms with Gasteiger partial charge in [-0.2, -0.15) is 0 Å². The fraction of sp³-hybridized carbons (Fsp3) is 0.444. The van der Waals surface area contributed by atoms with Gasteiger partial charge in [-0.05, 0) is 54.9 Å². The van der Waals surface area contributed by atoms with Crippen molar-refractivity contribution in [3.8, 4) is 0 Å². The number of hydrogen-bond acceptors (Lipinski definition) is 6. The molecule has 2 heterocycles. The molecule has 1 fully saturated rings. The zero-order valence-corrected chi connectivity index (χ0v) is 19.2. The quantitative estimate of drug-likeness (QED) is 0.717. The second-order valence-electron chi connectivity index (χ2n) is 7.59. The number of sulfonamides is 1. The van der Waals surface area contributed by atoms with Gasteiger partial charge in [0.05, 0.1) is 10.5 Å². The summed E-state index contributed by atoms with van der Waals surface area (Å²) in [6.07, 6.45) is 1.77. The average Bonchev–Trinajstić information content (AvgIpc) is 3.14. The highest BCUT2D eigenvalue weighted by Gasteiger charge is 2.27. The van der Waals surface area contributed by atoms with E-state index in [1.54, 1.807) is 49.3 Å². The van der Waals surface area contributed by atoms with Crippen LogP contribution in [0.4, 0.5) is 5.13 Å². The predicted octanol–water partition coefficient (Wildman–Crippen LogP) is 2.94. The summed E-state index contributed by atoms with van der Waals surface area (Å²) in [7, 11) is -3.72. The summed E-state index contributed by atoms with van der Waals surface area (Å²) in [6.45, 7) is 7.83. The number of halogens is 1. The smallest absolute Gasteiger partial charge is 0.255 e. The van der Waals surface area contributed by atoms with Crippen molar-refractivity contribution in [1.82, 2.24) is 14.6 Å². The van der Waals surface area contributed by atoms with E-state index < -0.39 is 15.6 Å². The van der Waals surface area contributed by atoms with Gasteiger partial charge in [-0.3, -0.25) is 4.79 Å². The predicted molar refractivity (Wildman–Crippen MR) is 114 cm³/mol. The molecule has 28 heavy (non-hydrogen) atoms. The molecule has 1 aromatic carbocycles. The van der Waals surface area contributed by atoms with E-state index in [-0.39, 0.29) is 10.8 Å². The van der Waals surface area contributed by atoms with Gasteiger partial charge >= 0.3 is 0 Å². The first kappa shape index (κ1) is 21.2. The summed E-state index contributed by atoms with van der Waals surface area (Å²) < 4.78 is 28.4. The number of piperazine rings is 1. The summed E-state index contributed by atoms with van der Waals surface area (Å²) in [5.41, 5.74) is -0.262. The van der Waals surface area contributed by atoms with Crippen LogP contribution >= 0.6 is 27.3 Å². The lowest BCUT2D eigenvalue weighted by atomic mass is 10.1. The highest BCUT2D eigenvalue weighted by Crippen LogP contribution is 2.25. The van der Waals surface area contributed by atoms with E-state index in [4.69, 9.17) is 0 Å². The van der Waals surface area contributed by atoms with Gasteiger partial charge in [0, 0.05) is 47.8 Å². The molecule has 152 valence electrons. The summed E-state index contributed by atoms with van der Waals surface area (Å²) in [6, 6.07) is 4.54. The number of anilines is 1. The van der Waals surface area contributed by atoms with Gasteiger partial charge < -0.3 is 9.80 Å². The zero-order valence-electron chi connectivity index (χ0n) is 16.0. The van der Waals surface area contributed by atoms with Gasteiger partial charge in [0.15, 0.2) is 5.13 Å². The Kier molecular flexibility index (Phi) is 6.14. The molecule has 1 aromatic heterocycles. The molecule has 0 spiro atoms. The van der Waals surface area contributed by atoms with Gasteiger partial charge in [-0.1, -0.05) is 0 Å². The molecule has 1 aliphatic rings. The summed E-state index contributed by atoms with van der Waals surface area (Å²) in [5.74, 6) is -0.182. The molecule has 0 atom stereocenters. The molecule has 0 bridgehead atoms. The Balaban J connectivity index is 1.77. The molecule has 0 unspecified atom stereocenters. The highest BCUT2D eigenvalue weighted by molar-refractivity contribution is 9.10. The molecular formula is C18H23BrN4O3S2. The molecule has 10 heteroatoms. The third kappa shape index (κ3) is 4.91. The van der Waals surface area contributed by atoms with Crippen LogP contribution < -0.4 is 9.62 Å². The zero-order chi connectivity index (χ0) is 20.5. The van der Waals surface area contributed by atoms with Crippen molar-refractivity contribution < 1.29 is 13.2 Å². The third-order valence-electron chi connectivity index (χ3n) is 4.18. The van der Waals surface area contributed by atoms with Crippen molar-refractivity contribution >= 4 is 48.3 Å². The largest absolute Gasteiger partial charge is 0.345 e. The first-order chi connectivity index (χ1) is 13.1. The van der Waals surface area contributed by atoms with Gasteiger partial charge in [0.1, 0.15) is 0 Å². The molecule has 1 saturated heterocycles. The lowest BCUT2D eigenvalue weighted by Crippen LogP contribution is -2.48. The normalized spacial score (nSPS) is 15.7. The van der Waals surface area contributed by atoms with E-state index in [0.717, 1.165) is 5.13 Å². The number of aromatic nitrogens is 1. The number of nitrogens with zero attached hydrogens (tertiary/aromatic N) is 3. The molecule has 3 rings (SSSR count). The standard InChI is InChI=1S/C18H23BrN4O3S2/c1-18(2,3)21-28(25,26)13-4-5-15(19)14(12-13)16(24)22-7-9-23(10-8-22)17-20-6-11-27-17/h4-6,11-12,21H,7-10H2,1-3H3. The van der Waals surface area contributed by atoms with E-state index in [9.17, 15) is 13.2 Å². The molecule has 1 aliphatic heterocycles. The number of benzene rings is 1. The molecule has 1 N–H and O–H groups in total. The van der Waals surface area contributed by atoms with Crippen molar-refractivity contribution in [1.29, 1.82) is 0 Å². The van der Waals surface area contributed by atoms with Crippen LogP contribution in [0.5, 0.6) is 0 Å². The lowest BCUT2D eigenvalue weighted by molar-refractivity contribution is 0.0745. The van der Waals surface area contributed by atoms with Crippen LogP contribution in [0.2, 0.25) is 0 Å². The first-order valence-corrected chi connectivity index (χ1v) is 12.0. The van der Waals surface area contributed by atoms with Crippen LogP contribution in [0.3, 0.4) is 0 Å². The van der Waals surface area contributed by atoms with Crippen LogP contribution in [-0.2, 0) is 10.0 Å². The van der Waals surface area contributed by atoms with Gasteiger partial charge in [-0.25, -0.2) is 18.1 Å². The van der Waals surface area contributed by atoms with Crippen LogP contribution in [0.15, 0.2) is 39.1 Å². The van der Waals surface area contributed by atoms with E-state index in [2.05, 4.69) is 30.5 Å². The molecule has 2 aromatic rings. The van der Waals surface area contributed by atoms with E-state index in [0.29, 0.717) is 36.2 Å². The van der Waals surface area contributed by atoms with Crippen molar-refractivity contribution in [3.63, 3.8) is 0 Å². The first-order valence-electron chi connectivity index (χ1n) is 8.84. The minimum absolute atomic E-state index is 0.0791. The maximum absolute atomic E-state index is 13.0. The Morgan fingerprint density at radius 2 is 1.89 bits per heavy atom. The van der Waals surface area contributed by atoms with Crippen LogP contribution in [0, 0.1) is 0 Å². The third-order valence-corrected chi connectivity index (χ3v) is 7.46. The van der Waals surface area contributed by atoms with Crippen molar-refractivity contribution in [2.24, 2.45) is 0 Å². The van der Waals surface area contributed by atoms with E-state index in [1.807, 2.05) is 5.38 Å². The Labute approximate surface area is 177 Å². The Morgan fingerprint density at radius 3 is 2.46 bits per heavy atom. The fourth-order valence-electron chi connectivity index (χ4n) is 2.94. The minimum atomic E-state index is -3.72. The molecule has 7 nitrogen and oxygen atoms in total. The number of carbonyl (C=O) groups excluding carboxylic acids is 1. The molecule has 1 amide bonds. The van der Waals surface area contributed by atoms with Crippen molar-refractivity contribution in [3.05, 3.63) is 39.8 Å². The topological polar surface area (TPSA) is 82.6 Å². The number of amides is 1. The SMILES string of the molecule is CC(C)(C)NS(=O)(=O)c1ccc(Br)c(C(=O)N2CCN(c3nccs3)CC2)c1. The maximum Gasteiger partial charge on any atom is 0.255 e. The Morgan fingerprint density at radius 1 is 1.21 bits per heavy atom. The Bertz CT molecular complexity index is 948. The van der Waals surface area contributed by atoms with E-state index in [1.165, 1.54) is 12.1 Å². The van der Waals surface area contributed by atoms with Gasteiger partial charge in [0.25, 0.3) is 5.91 Å². The van der Waals surface area contributed by atoms with Crippen LogP contribution in [0.1, 0.15) is 31.1 Å². The summed E-state index contributed by atoms with van der Waals surface area (Å²) >= 11 is 4.96. The number of thiazole rings is 1. The van der Waals surface area contributed by atoms with E-state index >= 15 is 0 Å². The Hall–Kier alpha value is -1.49. The number of carbonyl (C=O) groups is 1. The average molecular weight is 487 g/mol. The monoisotopic (exact) mass is 486 g/mol. The molecule has 0 radical (unpaired) electrons. The van der Waals surface area contributed by atoms with Gasteiger partial charge in [0.2, 0.25) is 10.0 Å². The highest BCUT2D eigenvalue weighted by atomic mass is 79.9. The van der Waals surface area contributed by atoms with Crippen LogP contribution in [0.25, 0.3) is 0 Å². The second kappa shape index (κ2) is 8.10. The lowest BCUT2D eigenvalue weighted by Gasteiger charge is -2.34. The minimum Gasteiger partial charge on any atom is -0.345 e. The number of nitrogens with one attached hydrogen (secondary N) is 1.